The Kier molecular flexibility index (Phi) is 7.67. The van der Waals surface area contributed by atoms with Crippen molar-refractivity contribution in [1.82, 2.24) is 4.98 Å². The summed E-state index contributed by atoms with van der Waals surface area (Å²) in [5.74, 6) is 0. The van der Waals surface area contributed by atoms with E-state index in [1.165, 1.54) is 30.3 Å². The molecule has 0 aromatic carbocycles. The van der Waals surface area contributed by atoms with Crippen LogP contribution in [0, 0.1) is 0 Å². The maximum atomic E-state index is 11.5. The Morgan fingerprint density at radius 2 is 1.90 bits per heavy atom. The number of imidazole rings is 1. The average Bonchev–Trinajstić information content (AvgIpc) is 2.89. The van der Waals surface area contributed by atoms with Crippen LogP contribution >= 0.6 is 0 Å². The summed E-state index contributed by atoms with van der Waals surface area (Å²) in [5.41, 5.74) is 0.725. The third kappa shape index (κ3) is 6.44. The van der Waals surface area contributed by atoms with Crippen LogP contribution in [0.5, 0.6) is 0 Å². The maximum Gasteiger partial charge on any atom is 0.307 e. The number of nitrogens with zero attached hydrogens (tertiary/aromatic N) is 1. The van der Waals surface area contributed by atoms with Gasteiger partial charge in [0.15, 0.2) is 5.69 Å². The van der Waals surface area contributed by atoms with E-state index in [1.54, 1.807) is 18.6 Å². The number of unbranched alkanes of at least 4 members (excludes halogenated alkanes) is 6. The van der Waals surface area contributed by atoms with Crippen LogP contribution in [0.4, 0.5) is 0 Å². The number of rotatable bonds is 11. The van der Waals surface area contributed by atoms with E-state index in [2.05, 4.69) is 18.5 Å². The fraction of sp³-hybridized carbons (Fsp3) is 0.667. The van der Waals surface area contributed by atoms with Crippen LogP contribution in [0.3, 0.4) is 0 Å². The topological polar surface area (TPSA) is 74.0 Å². The monoisotopic (exact) mass is 315 g/mol. The minimum Gasteiger partial charge on any atom is -0.282 e. The highest BCUT2D eigenvalue weighted by atomic mass is 32.2. The molecule has 0 aliphatic carbocycles. The van der Waals surface area contributed by atoms with E-state index in [0.29, 0.717) is 6.42 Å². The molecular weight excluding hydrogens is 288 g/mol. The Labute approximate surface area is 127 Å². The van der Waals surface area contributed by atoms with Crippen LogP contribution in [0.1, 0.15) is 69.4 Å². The lowest BCUT2D eigenvalue weighted by molar-refractivity contribution is -0.701. The zero-order valence-electron chi connectivity index (χ0n) is 12.8. The highest BCUT2D eigenvalue weighted by Gasteiger charge is 2.29. The zero-order valence-corrected chi connectivity index (χ0v) is 13.6. The molecule has 0 amide bonds. The number of aromatic nitrogens is 2. The molecule has 0 aliphatic heterocycles. The molecule has 1 unspecified atom stereocenters. The van der Waals surface area contributed by atoms with Gasteiger partial charge in [0.05, 0.1) is 0 Å². The van der Waals surface area contributed by atoms with Crippen molar-refractivity contribution in [2.75, 3.05) is 0 Å². The van der Waals surface area contributed by atoms with Gasteiger partial charge in [-0.2, -0.15) is 8.42 Å². The van der Waals surface area contributed by atoms with E-state index in [0.717, 1.165) is 25.0 Å². The van der Waals surface area contributed by atoms with Gasteiger partial charge < -0.3 is 0 Å². The van der Waals surface area contributed by atoms with Gasteiger partial charge in [-0.15, -0.1) is 0 Å². The van der Waals surface area contributed by atoms with Crippen molar-refractivity contribution in [2.24, 2.45) is 0 Å². The third-order valence-corrected chi connectivity index (χ3v) is 4.79. The largest absolute Gasteiger partial charge is 0.307 e. The molecule has 21 heavy (non-hydrogen) atoms. The summed E-state index contributed by atoms with van der Waals surface area (Å²) < 4.78 is 34.0. The normalized spacial score (nSPS) is 13.2. The number of hydrogen-bond acceptors (Lipinski definition) is 2. The van der Waals surface area contributed by atoms with Crippen molar-refractivity contribution >= 4 is 16.2 Å². The smallest absolute Gasteiger partial charge is 0.282 e. The standard InChI is InChI=1S/C15H26N2O3S/c1-3-5-6-7-8-9-10-11-15(21(18,19)20)17-12-14(4-2)16-13-17/h4,12-13,15H,2-3,5-11H2,1H3,(H,18,19,20)/p+1. The Morgan fingerprint density at radius 3 is 2.43 bits per heavy atom. The molecule has 0 spiro atoms. The summed E-state index contributed by atoms with van der Waals surface area (Å²) in [6.45, 7) is 5.80. The van der Waals surface area contributed by atoms with Gasteiger partial charge in [-0.3, -0.25) is 4.55 Å². The predicted octanol–water partition coefficient (Wildman–Crippen LogP) is 3.47. The third-order valence-electron chi connectivity index (χ3n) is 3.62. The molecule has 6 heteroatoms. The Hall–Kier alpha value is -1.14. The first-order valence-corrected chi connectivity index (χ1v) is 9.17. The molecule has 0 bridgehead atoms. The Bertz CT molecular complexity index is 523. The Morgan fingerprint density at radius 1 is 1.29 bits per heavy atom. The van der Waals surface area contributed by atoms with Gasteiger partial charge in [-0.05, 0) is 12.5 Å². The summed E-state index contributed by atoms with van der Waals surface area (Å²) >= 11 is 0. The van der Waals surface area contributed by atoms with Gasteiger partial charge in [0.2, 0.25) is 11.7 Å². The van der Waals surface area contributed by atoms with Crippen LogP contribution in [0.2, 0.25) is 0 Å². The number of aromatic amines is 1. The summed E-state index contributed by atoms with van der Waals surface area (Å²) in [5, 5.41) is -0.918. The minimum absolute atomic E-state index is 0.422. The van der Waals surface area contributed by atoms with E-state index in [-0.39, 0.29) is 0 Å². The van der Waals surface area contributed by atoms with Crippen molar-refractivity contribution < 1.29 is 17.5 Å². The lowest BCUT2D eigenvalue weighted by Gasteiger charge is -2.10. The van der Waals surface area contributed by atoms with Gasteiger partial charge in [-0.25, -0.2) is 9.55 Å². The van der Waals surface area contributed by atoms with Gasteiger partial charge in [0.1, 0.15) is 6.20 Å². The van der Waals surface area contributed by atoms with E-state index < -0.39 is 15.5 Å². The van der Waals surface area contributed by atoms with Crippen LogP contribution < -0.4 is 4.57 Å². The van der Waals surface area contributed by atoms with Crippen LogP contribution in [-0.2, 0) is 10.1 Å². The number of nitrogens with one attached hydrogen (secondary N) is 1. The zero-order chi connectivity index (χ0) is 15.7. The number of H-pyrrole nitrogens is 1. The fourth-order valence-corrected chi connectivity index (χ4v) is 3.28. The van der Waals surface area contributed by atoms with E-state index >= 15 is 0 Å². The molecule has 0 radical (unpaired) electrons. The average molecular weight is 315 g/mol. The summed E-state index contributed by atoms with van der Waals surface area (Å²) in [4.78, 5) is 2.90. The first-order valence-electron chi connectivity index (χ1n) is 7.67. The second-order valence-electron chi connectivity index (χ2n) is 5.39. The van der Waals surface area contributed by atoms with Crippen LogP contribution in [-0.4, -0.2) is 18.0 Å². The summed E-state index contributed by atoms with van der Waals surface area (Å²) in [6.07, 6.45) is 13.1. The summed E-state index contributed by atoms with van der Waals surface area (Å²) in [6, 6.07) is 0. The molecule has 120 valence electrons. The molecule has 1 rings (SSSR count). The first-order chi connectivity index (χ1) is 9.99. The molecule has 0 saturated carbocycles. The maximum absolute atomic E-state index is 11.5. The molecular formula is C15H27N2O3S+. The molecule has 1 aromatic heterocycles. The quantitative estimate of drug-likeness (QED) is 0.373. The van der Waals surface area contributed by atoms with E-state index in [4.69, 9.17) is 0 Å². The predicted molar refractivity (Wildman–Crippen MR) is 84.3 cm³/mol. The van der Waals surface area contributed by atoms with Crippen molar-refractivity contribution in [1.29, 1.82) is 0 Å². The molecule has 2 N–H and O–H groups in total. The van der Waals surface area contributed by atoms with Crippen molar-refractivity contribution in [3.8, 4) is 0 Å². The van der Waals surface area contributed by atoms with Crippen molar-refractivity contribution in [3.05, 3.63) is 24.8 Å². The Balaban J connectivity index is 2.47. The number of hydrogen-bond donors (Lipinski definition) is 2. The molecule has 0 fully saturated rings. The van der Waals surface area contributed by atoms with Crippen LogP contribution in [0.15, 0.2) is 19.1 Å². The highest BCUT2D eigenvalue weighted by Crippen LogP contribution is 2.17. The molecule has 1 atom stereocenters. The molecule has 5 nitrogen and oxygen atoms in total. The van der Waals surface area contributed by atoms with Gasteiger partial charge in [-0.1, -0.05) is 52.0 Å². The SMILES string of the molecule is C=Cc1c[n+](C(CCCCCCCCC)S(=O)(=O)O)c[nH]1. The van der Waals surface area contributed by atoms with Crippen molar-refractivity contribution in [3.63, 3.8) is 0 Å². The van der Waals surface area contributed by atoms with Gasteiger partial charge in [0, 0.05) is 6.42 Å². The highest BCUT2D eigenvalue weighted by molar-refractivity contribution is 7.85. The lowest BCUT2D eigenvalue weighted by atomic mass is 10.1. The van der Waals surface area contributed by atoms with E-state index in [9.17, 15) is 13.0 Å². The molecule has 1 aromatic rings. The van der Waals surface area contributed by atoms with Gasteiger partial charge in [0.25, 0.3) is 0 Å². The second-order valence-corrected chi connectivity index (χ2v) is 6.96. The van der Waals surface area contributed by atoms with E-state index in [1.807, 2.05) is 0 Å². The van der Waals surface area contributed by atoms with Crippen LogP contribution in [0.25, 0.3) is 6.08 Å². The molecule has 1 heterocycles. The molecule has 0 aliphatic rings. The lowest BCUT2D eigenvalue weighted by Crippen LogP contribution is -2.42. The minimum atomic E-state index is -4.11. The van der Waals surface area contributed by atoms with Crippen molar-refractivity contribution in [2.45, 2.75) is 63.7 Å². The summed E-state index contributed by atoms with van der Waals surface area (Å²) in [7, 11) is -4.11. The van der Waals surface area contributed by atoms with Gasteiger partial charge >= 0.3 is 10.1 Å². The fourth-order valence-electron chi connectivity index (χ4n) is 2.39. The second kappa shape index (κ2) is 9.00. The first kappa shape index (κ1) is 17.9. The molecule has 0 saturated heterocycles.